The van der Waals surface area contributed by atoms with E-state index in [0.29, 0.717) is 17.4 Å². The Hall–Kier alpha value is -1.60. The van der Waals surface area contributed by atoms with Crippen LogP contribution in [0.5, 0.6) is 0 Å². The lowest BCUT2D eigenvalue weighted by molar-refractivity contribution is 0.601. The highest BCUT2D eigenvalue weighted by Gasteiger charge is 2.22. The van der Waals surface area contributed by atoms with Crippen LogP contribution in [-0.4, -0.2) is 19.9 Å². The first-order chi connectivity index (χ1) is 10.1. The molecule has 0 spiro atoms. The summed E-state index contributed by atoms with van der Waals surface area (Å²) < 4.78 is 27.7. The van der Waals surface area contributed by atoms with E-state index >= 15 is 0 Å². The Bertz CT molecular complexity index is 732. The van der Waals surface area contributed by atoms with Crippen molar-refractivity contribution in [2.75, 3.05) is 16.6 Å². The highest BCUT2D eigenvalue weighted by atomic mass is 32.2. The fourth-order valence-electron chi connectivity index (χ4n) is 2.44. The molecule has 2 N–H and O–H groups in total. The largest absolute Gasteiger partial charge is 0.384 e. The minimum atomic E-state index is -3.62. The van der Waals surface area contributed by atoms with Crippen molar-refractivity contribution in [3.63, 3.8) is 0 Å². The Morgan fingerprint density at radius 1 is 1.29 bits per heavy atom. The van der Waals surface area contributed by atoms with E-state index in [1.54, 1.807) is 18.2 Å². The number of aryl methyl sites for hydroxylation is 2. The fraction of sp³-hybridized carbons (Fsp3) is 0.357. The van der Waals surface area contributed by atoms with Gasteiger partial charge in [-0.15, -0.1) is 11.3 Å². The third-order valence-corrected chi connectivity index (χ3v) is 5.96. The van der Waals surface area contributed by atoms with Crippen molar-refractivity contribution in [2.24, 2.45) is 0 Å². The number of para-hydroxylation sites is 1. The van der Waals surface area contributed by atoms with Gasteiger partial charge in [-0.1, -0.05) is 12.1 Å². The van der Waals surface area contributed by atoms with Crippen LogP contribution in [0.3, 0.4) is 0 Å². The smallest absolute Gasteiger partial charge is 0.265 e. The number of hydrogen-bond donors (Lipinski definition) is 2. The lowest BCUT2D eigenvalue weighted by Gasteiger charge is -2.11. The fourth-order valence-corrected chi connectivity index (χ4v) is 4.91. The number of aromatic nitrogens is 1. The molecule has 0 fully saturated rings. The molecule has 112 valence electrons. The first kappa shape index (κ1) is 14.3. The van der Waals surface area contributed by atoms with Crippen LogP contribution in [0.15, 0.2) is 29.2 Å². The molecule has 0 radical (unpaired) electrons. The van der Waals surface area contributed by atoms with Crippen molar-refractivity contribution in [2.45, 2.75) is 31.1 Å². The normalized spacial score (nSPS) is 14.0. The predicted molar refractivity (Wildman–Crippen MR) is 85.6 cm³/mol. The van der Waals surface area contributed by atoms with E-state index < -0.39 is 10.0 Å². The van der Waals surface area contributed by atoms with E-state index in [0.717, 1.165) is 25.0 Å². The summed E-state index contributed by atoms with van der Waals surface area (Å²) in [4.78, 5) is 5.84. The number of sulfonamides is 1. The second-order valence-electron chi connectivity index (χ2n) is 4.87. The molecule has 0 amide bonds. The summed E-state index contributed by atoms with van der Waals surface area (Å²) in [5.74, 6) is 0. The molecular formula is C14H17N3O2S2. The molecule has 0 atom stereocenters. The Kier molecular flexibility index (Phi) is 3.86. The Morgan fingerprint density at radius 3 is 2.86 bits per heavy atom. The van der Waals surface area contributed by atoms with Crippen LogP contribution < -0.4 is 10.0 Å². The van der Waals surface area contributed by atoms with Gasteiger partial charge in [0.2, 0.25) is 0 Å². The first-order valence-electron chi connectivity index (χ1n) is 6.94. The third-order valence-electron chi connectivity index (χ3n) is 3.36. The van der Waals surface area contributed by atoms with Crippen molar-refractivity contribution in [1.29, 1.82) is 0 Å². The van der Waals surface area contributed by atoms with E-state index in [2.05, 4.69) is 15.0 Å². The zero-order valence-corrected chi connectivity index (χ0v) is 13.4. The lowest BCUT2D eigenvalue weighted by Crippen LogP contribution is -2.15. The third kappa shape index (κ3) is 2.89. The molecule has 1 aromatic heterocycles. The number of nitrogens with zero attached hydrogens (tertiary/aromatic N) is 1. The average molecular weight is 323 g/mol. The van der Waals surface area contributed by atoms with Crippen molar-refractivity contribution < 1.29 is 8.42 Å². The van der Waals surface area contributed by atoms with Crippen LogP contribution in [0.25, 0.3) is 0 Å². The van der Waals surface area contributed by atoms with Gasteiger partial charge >= 0.3 is 0 Å². The standard InChI is InChI=1S/C14H17N3O2S2/c1-2-15-11-6-3-4-9-13(11)21(18,19)17-14-16-10-7-5-8-12(10)20-14/h3-4,6,9,15H,2,5,7-8H2,1H3,(H,16,17). The van der Waals surface area contributed by atoms with Gasteiger partial charge in [-0.3, -0.25) is 4.72 Å². The molecule has 7 heteroatoms. The summed E-state index contributed by atoms with van der Waals surface area (Å²) in [5.41, 5.74) is 1.65. The topological polar surface area (TPSA) is 71.1 Å². The maximum absolute atomic E-state index is 12.5. The van der Waals surface area contributed by atoms with Crippen LogP contribution in [0.1, 0.15) is 23.9 Å². The van der Waals surface area contributed by atoms with Gasteiger partial charge in [0, 0.05) is 11.4 Å². The van der Waals surface area contributed by atoms with Crippen LogP contribution in [0.2, 0.25) is 0 Å². The van der Waals surface area contributed by atoms with Crippen molar-refractivity contribution in [1.82, 2.24) is 4.98 Å². The number of fused-ring (bicyclic) bond motifs is 1. The molecule has 1 heterocycles. The number of rotatable bonds is 5. The maximum Gasteiger partial charge on any atom is 0.265 e. The highest BCUT2D eigenvalue weighted by molar-refractivity contribution is 7.93. The molecule has 0 saturated carbocycles. The van der Waals surface area contributed by atoms with Crippen LogP contribution in [0.4, 0.5) is 10.8 Å². The van der Waals surface area contributed by atoms with Gasteiger partial charge in [0.1, 0.15) is 4.90 Å². The molecule has 3 rings (SSSR count). The minimum absolute atomic E-state index is 0.252. The monoisotopic (exact) mass is 323 g/mol. The summed E-state index contributed by atoms with van der Waals surface area (Å²) in [6, 6.07) is 6.90. The Labute approximate surface area is 128 Å². The Morgan fingerprint density at radius 2 is 2.10 bits per heavy atom. The van der Waals surface area contributed by atoms with Gasteiger partial charge in [0.25, 0.3) is 10.0 Å². The van der Waals surface area contributed by atoms with Gasteiger partial charge in [-0.25, -0.2) is 13.4 Å². The average Bonchev–Trinajstić information content (AvgIpc) is 3.00. The Balaban J connectivity index is 1.89. The molecule has 0 unspecified atom stereocenters. The molecule has 2 aromatic rings. The van der Waals surface area contributed by atoms with E-state index in [1.165, 1.54) is 16.2 Å². The van der Waals surface area contributed by atoms with E-state index in [4.69, 9.17) is 0 Å². The van der Waals surface area contributed by atoms with Gasteiger partial charge in [-0.2, -0.15) is 0 Å². The molecule has 0 saturated heterocycles. The van der Waals surface area contributed by atoms with Gasteiger partial charge in [0.05, 0.1) is 11.4 Å². The molecule has 5 nitrogen and oxygen atoms in total. The molecule has 1 aliphatic rings. The summed E-state index contributed by atoms with van der Waals surface area (Å²) >= 11 is 1.44. The molecular weight excluding hydrogens is 306 g/mol. The second-order valence-corrected chi connectivity index (χ2v) is 7.61. The van der Waals surface area contributed by atoms with Gasteiger partial charge < -0.3 is 5.32 Å². The highest BCUT2D eigenvalue weighted by Crippen LogP contribution is 2.32. The first-order valence-corrected chi connectivity index (χ1v) is 9.24. The number of thiazole rings is 1. The van der Waals surface area contributed by atoms with Crippen LogP contribution >= 0.6 is 11.3 Å². The number of nitrogens with one attached hydrogen (secondary N) is 2. The van der Waals surface area contributed by atoms with E-state index in [9.17, 15) is 8.42 Å². The predicted octanol–water partition coefficient (Wildman–Crippen LogP) is 2.86. The lowest BCUT2D eigenvalue weighted by atomic mass is 10.3. The van der Waals surface area contributed by atoms with Crippen molar-refractivity contribution >= 4 is 32.2 Å². The van der Waals surface area contributed by atoms with E-state index in [-0.39, 0.29) is 4.90 Å². The molecule has 1 aliphatic carbocycles. The van der Waals surface area contributed by atoms with Gasteiger partial charge in [-0.05, 0) is 38.3 Å². The maximum atomic E-state index is 12.5. The number of hydrogen-bond acceptors (Lipinski definition) is 5. The number of benzene rings is 1. The summed E-state index contributed by atoms with van der Waals surface area (Å²) in [7, 11) is -3.62. The zero-order valence-electron chi connectivity index (χ0n) is 11.7. The van der Waals surface area contributed by atoms with Crippen molar-refractivity contribution in [3.8, 4) is 0 Å². The van der Waals surface area contributed by atoms with Crippen LogP contribution in [0, 0.1) is 0 Å². The molecule has 21 heavy (non-hydrogen) atoms. The van der Waals surface area contributed by atoms with E-state index in [1.807, 2.05) is 13.0 Å². The van der Waals surface area contributed by atoms with Gasteiger partial charge in [0.15, 0.2) is 5.13 Å². The molecule has 0 bridgehead atoms. The minimum Gasteiger partial charge on any atom is -0.384 e. The summed E-state index contributed by atoms with van der Waals surface area (Å²) in [6.45, 7) is 2.60. The summed E-state index contributed by atoms with van der Waals surface area (Å²) in [6.07, 6.45) is 3.06. The molecule has 1 aromatic carbocycles. The second kappa shape index (κ2) is 5.65. The quantitative estimate of drug-likeness (QED) is 0.887. The number of anilines is 2. The van der Waals surface area contributed by atoms with Crippen molar-refractivity contribution in [3.05, 3.63) is 34.8 Å². The SMILES string of the molecule is CCNc1ccccc1S(=O)(=O)Nc1nc2c(s1)CCC2. The molecule has 0 aliphatic heterocycles. The zero-order chi connectivity index (χ0) is 14.9. The summed E-state index contributed by atoms with van der Waals surface area (Å²) in [5, 5.41) is 3.53. The van der Waals surface area contributed by atoms with Crippen LogP contribution in [-0.2, 0) is 22.9 Å².